The van der Waals surface area contributed by atoms with Gasteiger partial charge < -0.3 is 9.09 Å². The van der Waals surface area contributed by atoms with E-state index in [1.807, 2.05) is 26.8 Å². The minimum absolute atomic E-state index is 0.0331. The molecule has 2 heterocycles. The molecular weight excluding hydrogens is 332 g/mol. The van der Waals surface area contributed by atoms with Crippen LogP contribution in [0, 0.1) is 36.8 Å². The zero-order valence-electron chi connectivity index (χ0n) is 15.3. The van der Waals surface area contributed by atoms with Gasteiger partial charge in [0.15, 0.2) is 5.52 Å². The summed E-state index contributed by atoms with van der Waals surface area (Å²) in [5.41, 5.74) is 3.62. The van der Waals surface area contributed by atoms with Crippen molar-refractivity contribution in [3.63, 3.8) is 0 Å². The SMILES string of the molecule is Cc1noc(C)c1-c1cc([N+](=O)[O-])c2nc(C)n(CC3CCCC3)c2c1. The first-order valence-electron chi connectivity index (χ1n) is 9.04. The maximum atomic E-state index is 11.7. The van der Waals surface area contributed by atoms with Gasteiger partial charge in [-0.2, -0.15) is 0 Å². The van der Waals surface area contributed by atoms with Gasteiger partial charge in [0, 0.05) is 18.2 Å². The van der Waals surface area contributed by atoms with Crippen LogP contribution in [0.5, 0.6) is 0 Å². The van der Waals surface area contributed by atoms with E-state index in [0.29, 0.717) is 17.2 Å². The molecule has 26 heavy (non-hydrogen) atoms. The monoisotopic (exact) mass is 354 g/mol. The van der Waals surface area contributed by atoms with E-state index < -0.39 is 0 Å². The Hall–Kier alpha value is -2.70. The maximum absolute atomic E-state index is 11.7. The lowest BCUT2D eigenvalue weighted by Crippen LogP contribution is -2.08. The molecule has 0 aliphatic heterocycles. The van der Waals surface area contributed by atoms with E-state index >= 15 is 0 Å². The molecule has 0 spiro atoms. The number of nitro benzene ring substituents is 1. The zero-order chi connectivity index (χ0) is 18.4. The second-order valence-corrected chi connectivity index (χ2v) is 7.24. The topological polar surface area (TPSA) is 87.0 Å². The predicted molar refractivity (Wildman–Crippen MR) is 98.1 cm³/mol. The van der Waals surface area contributed by atoms with E-state index in [2.05, 4.69) is 14.7 Å². The molecule has 0 unspecified atom stereocenters. The van der Waals surface area contributed by atoms with Crippen molar-refractivity contribution in [3.8, 4) is 11.1 Å². The van der Waals surface area contributed by atoms with Gasteiger partial charge in [-0.1, -0.05) is 18.0 Å². The van der Waals surface area contributed by atoms with Crippen LogP contribution in [-0.4, -0.2) is 19.6 Å². The van der Waals surface area contributed by atoms with E-state index in [4.69, 9.17) is 4.52 Å². The van der Waals surface area contributed by atoms with E-state index in [1.165, 1.54) is 25.7 Å². The fourth-order valence-corrected chi connectivity index (χ4v) is 4.18. The average Bonchev–Trinajstić information content (AvgIpc) is 3.29. The lowest BCUT2D eigenvalue weighted by molar-refractivity contribution is -0.383. The molecule has 7 nitrogen and oxygen atoms in total. The van der Waals surface area contributed by atoms with E-state index in [1.54, 1.807) is 6.07 Å². The molecule has 1 aromatic carbocycles. The number of imidazole rings is 1. The number of rotatable bonds is 4. The van der Waals surface area contributed by atoms with Crippen molar-refractivity contribution in [2.75, 3.05) is 0 Å². The third kappa shape index (κ3) is 2.67. The molecule has 1 saturated carbocycles. The van der Waals surface area contributed by atoms with E-state index in [0.717, 1.165) is 34.7 Å². The fraction of sp³-hybridized carbons (Fsp3) is 0.474. The highest BCUT2D eigenvalue weighted by molar-refractivity contribution is 5.91. The molecule has 1 aliphatic carbocycles. The van der Waals surface area contributed by atoms with Gasteiger partial charge in [-0.05, 0) is 51.2 Å². The second-order valence-electron chi connectivity index (χ2n) is 7.24. The lowest BCUT2D eigenvalue weighted by Gasteiger charge is -2.13. The summed E-state index contributed by atoms with van der Waals surface area (Å²) < 4.78 is 7.40. The number of hydrogen-bond acceptors (Lipinski definition) is 5. The number of nitro groups is 1. The summed E-state index contributed by atoms with van der Waals surface area (Å²) in [6.45, 7) is 6.47. The summed E-state index contributed by atoms with van der Waals surface area (Å²) in [7, 11) is 0. The van der Waals surface area contributed by atoms with Crippen molar-refractivity contribution in [2.24, 2.45) is 5.92 Å². The Balaban J connectivity index is 1.93. The molecule has 2 aromatic heterocycles. The van der Waals surface area contributed by atoms with Gasteiger partial charge in [0.05, 0.1) is 16.1 Å². The van der Waals surface area contributed by atoms with Crippen molar-refractivity contribution in [1.29, 1.82) is 0 Å². The van der Waals surface area contributed by atoms with Gasteiger partial charge in [-0.25, -0.2) is 4.98 Å². The minimum Gasteiger partial charge on any atom is -0.361 e. The van der Waals surface area contributed by atoms with E-state index in [9.17, 15) is 10.1 Å². The van der Waals surface area contributed by atoms with Crippen LogP contribution in [0.4, 0.5) is 5.69 Å². The molecule has 0 radical (unpaired) electrons. The van der Waals surface area contributed by atoms with Crippen LogP contribution in [0.25, 0.3) is 22.2 Å². The largest absolute Gasteiger partial charge is 0.361 e. The van der Waals surface area contributed by atoms with Crippen LogP contribution < -0.4 is 0 Å². The molecule has 1 fully saturated rings. The Morgan fingerprint density at radius 2 is 2.00 bits per heavy atom. The number of fused-ring (bicyclic) bond motifs is 1. The van der Waals surface area contributed by atoms with Crippen molar-refractivity contribution in [3.05, 3.63) is 39.5 Å². The normalized spacial score (nSPS) is 15.2. The van der Waals surface area contributed by atoms with Gasteiger partial charge in [0.2, 0.25) is 0 Å². The molecule has 0 saturated heterocycles. The van der Waals surface area contributed by atoms with Crippen molar-refractivity contribution < 1.29 is 9.45 Å². The summed E-state index contributed by atoms with van der Waals surface area (Å²) in [4.78, 5) is 15.9. The number of non-ortho nitro benzene ring substituents is 1. The molecule has 0 bridgehead atoms. The number of hydrogen-bond donors (Lipinski definition) is 0. The highest BCUT2D eigenvalue weighted by Crippen LogP contribution is 2.36. The summed E-state index contributed by atoms with van der Waals surface area (Å²) in [6.07, 6.45) is 4.96. The van der Waals surface area contributed by atoms with Crippen LogP contribution >= 0.6 is 0 Å². The third-order valence-electron chi connectivity index (χ3n) is 5.46. The first-order chi connectivity index (χ1) is 12.5. The first kappa shape index (κ1) is 16.8. The van der Waals surface area contributed by atoms with Gasteiger partial charge in [0.25, 0.3) is 5.69 Å². The van der Waals surface area contributed by atoms with E-state index in [-0.39, 0.29) is 10.6 Å². The van der Waals surface area contributed by atoms with Gasteiger partial charge >= 0.3 is 0 Å². The van der Waals surface area contributed by atoms with Crippen molar-refractivity contribution >= 4 is 16.7 Å². The highest BCUT2D eigenvalue weighted by atomic mass is 16.6. The molecular formula is C19H22N4O3. The lowest BCUT2D eigenvalue weighted by atomic mass is 10.0. The first-order valence-corrected chi connectivity index (χ1v) is 9.04. The van der Waals surface area contributed by atoms with Gasteiger partial charge in [-0.3, -0.25) is 10.1 Å². The zero-order valence-corrected chi connectivity index (χ0v) is 15.3. The number of aromatic nitrogens is 3. The third-order valence-corrected chi connectivity index (χ3v) is 5.46. The molecule has 3 aromatic rings. The molecule has 136 valence electrons. The maximum Gasteiger partial charge on any atom is 0.297 e. The summed E-state index contributed by atoms with van der Waals surface area (Å²) >= 11 is 0. The Bertz CT molecular complexity index is 977. The van der Waals surface area contributed by atoms with Crippen LogP contribution in [0.2, 0.25) is 0 Å². The van der Waals surface area contributed by atoms with Gasteiger partial charge in [0.1, 0.15) is 11.6 Å². The summed E-state index contributed by atoms with van der Waals surface area (Å²) in [6, 6.07) is 3.57. The molecule has 7 heteroatoms. The van der Waals surface area contributed by atoms with Crippen LogP contribution in [0.1, 0.15) is 43.0 Å². The molecule has 0 N–H and O–H groups in total. The molecule has 4 rings (SSSR count). The Morgan fingerprint density at radius 3 is 2.62 bits per heavy atom. The second kappa shape index (κ2) is 6.23. The fourth-order valence-electron chi connectivity index (χ4n) is 4.18. The molecule has 0 atom stereocenters. The minimum atomic E-state index is -0.351. The Labute approximate surface area is 151 Å². The average molecular weight is 354 g/mol. The van der Waals surface area contributed by atoms with Crippen molar-refractivity contribution in [2.45, 2.75) is 53.0 Å². The van der Waals surface area contributed by atoms with Crippen LogP contribution in [0.3, 0.4) is 0 Å². The van der Waals surface area contributed by atoms with Crippen LogP contribution in [-0.2, 0) is 6.54 Å². The summed E-state index contributed by atoms with van der Waals surface area (Å²) in [5, 5.41) is 15.7. The molecule has 0 amide bonds. The van der Waals surface area contributed by atoms with Crippen molar-refractivity contribution in [1.82, 2.24) is 14.7 Å². The quantitative estimate of drug-likeness (QED) is 0.500. The predicted octanol–water partition coefficient (Wildman–Crippen LogP) is 4.71. The Kier molecular flexibility index (Phi) is 4.01. The smallest absolute Gasteiger partial charge is 0.297 e. The Morgan fingerprint density at radius 1 is 1.27 bits per heavy atom. The van der Waals surface area contributed by atoms with Gasteiger partial charge in [-0.15, -0.1) is 0 Å². The molecule has 1 aliphatic rings. The number of benzene rings is 1. The standard InChI is InChI=1S/C19H22N4O3/c1-11-18(12(2)26-21-11)15-8-16-19(17(9-15)23(24)25)20-13(3)22(16)10-14-6-4-5-7-14/h8-9,14H,4-7,10H2,1-3H3. The van der Waals surface area contributed by atoms with Crippen LogP contribution in [0.15, 0.2) is 16.7 Å². The summed E-state index contributed by atoms with van der Waals surface area (Å²) in [5.74, 6) is 2.11. The highest BCUT2D eigenvalue weighted by Gasteiger charge is 2.25. The number of nitrogens with zero attached hydrogens (tertiary/aromatic N) is 4. The number of aryl methyl sites for hydroxylation is 3.